The Balaban J connectivity index is 1.42. The Hall–Kier alpha value is -3.51. The molecule has 0 atom stereocenters. The molecule has 0 N–H and O–H groups in total. The Labute approximate surface area is 194 Å². The highest BCUT2D eigenvalue weighted by Gasteiger charge is 2.26. The van der Waals surface area contributed by atoms with E-state index < -0.39 is 0 Å². The van der Waals surface area contributed by atoms with Gasteiger partial charge in [0.25, 0.3) is 5.91 Å². The molecule has 1 fully saturated rings. The van der Waals surface area contributed by atoms with Crippen molar-refractivity contribution in [1.82, 2.24) is 24.6 Å². The number of carbonyl (C=O) groups is 1. The number of hydrogen-bond donors (Lipinski definition) is 0. The van der Waals surface area contributed by atoms with Crippen LogP contribution in [-0.2, 0) is 13.6 Å². The lowest BCUT2D eigenvalue weighted by atomic mass is 10.0. The van der Waals surface area contributed by atoms with Gasteiger partial charge in [0.15, 0.2) is 5.65 Å². The van der Waals surface area contributed by atoms with Crippen molar-refractivity contribution in [1.29, 1.82) is 0 Å². The van der Waals surface area contributed by atoms with Gasteiger partial charge in [-0.25, -0.2) is 4.98 Å². The van der Waals surface area contributed by atoms with Crippen LogP contribution in [0.15, 0.2) is 60.7 Å². The molecule has 1 aliphatic heterocycles. The SMILES string of the molecule is Cc1ccc(-c2cc(C(=O)N3CCN(Cc4ccccc4)CC3)c3c(C)nn(C)c3n2)cc1. The van der Waals surface area contributed by atoms with Crippen LogP contribution >= 0.6 is 0 Å². The third kappa shape index (κ3) is 4.26. The van der Waals surface area contributed by atoms with E-state index in [0.717, 1.165) is 47.6 Å². The van der Waals surface area contributed by atoms with Crippen molar-refractivity contribution in [3.05, 3.63) is 83.0 Å². The van der Waals surface area contributed by atoms with Crippen molar-refractivity contribution in [2.75, 3.05) is 26.2 Å². The minimum atomic E-state index is 0.0613. The molecule has 1 aliphatic rings. The van der Waals surface area contributed by atoms with Gasteiger partial charge in [0.1, 0.15) is 0 Å². The zero-order valence-corrected chi connectivity index (χ0v) is 19.5. The molecule has 3 heterocycles. The topological polar surface area (TPSA) is 54.3 Å². The zero-order chi connectivity index (χ0) is 22.9. The van der Waals surface area contributed by atoms with Crippen LogP contribution in [-0.4, -0.2) is 56.7 Å². The summed E-state index contributed by atoms with van der Waals surface area (Å²) in [7, 11) is 1.89. The summed E-state index contributed by atoms with van der Waals surface area (Å²) in [6.07, 6.45) is 0. The molecule has 0 aliphatic carbocycles. The summed E-state index contributed by atoms with van der Waals surface area (Å²) >= 11 is 0. The third-order valence-corrected chi connectivity index (χ3v) is 6.45. The summed E-state index contributed by atoms with van der Waals surface area (Å²) in [6.45, 7) is 8.10. The van der Waals surface area contributed by atoms with E-state index in [4.69, 9.17) is 4.98 Å². The van der Waals surface area contributed by atoms with Gasteiger partial charge in [0, 0.05) is 45.3 Å². The Bertz CT molecular complexity index is 1290. The maximum absolute atomic E-state index is 13.7. The van der Waals surface area contributed by atoms with Crippen LogP contribution in [0, 0.1) is 13.8 Å². The largest absolute Gasteiger partial charge is 0.336 e. The maximum Gasteiger partial charge on any atom is 0.254 e. The van der Waals surface area contributed by atoms with E-state index in [9.17, 15) is 4.79 Å². The van der Waals surface area contributed by atoms with E-state index in [0.29, 0.717) is 18.7 Å². The maximum atomic E-state index is 13.7. The molecule has 1 amide bonds. The Morgan fingerprint density at radius 2 is 1.64 bits per heavy atom. The second-order valence-electron chi connectivity index (χ2n) is 8.88. The monoisotopic (exact) mass is 439 g/mol. The van der Waals surface area contributed by atoms with Gasteiger partial charge in [0.05, 0.1) is 22.3 Å². The minimum Gasteiger partial charge on any atom is -0.336 e. The van der Waals surface area contributed by atoms with Crippen LogP contribution in [0.1, 0.15) is 27.2 Å². The van der Waals surface area contributed by atoms with E-state index in [-0.39, 0.29) is 5.91 Å². The van der Waals surface area contributed by atoms with Crippen molar-refractivity contribution in [2.45, 2.75) is 20.4 Å². The molecule has 0 spiro atoms. The van der Waals surface area contributed by atoms with Crippen molar-refractivity contribution in [3.63, 3.8) is 0 Å². The second-order valence-corrected chi connectivity index (χ2v) is 8.88. The van der Waals surface area contributed by atoms with E-state index in [2.05, 4.69) is 65.5 Å². The van der Waals surface area contributed by atoms with Gasteiger partial charge in [-0.05, 0) is 25.5 Å². The molecule has 6 heteroatoms. The molecule has 0 unspecified atom stereocenters. The molecule has 6 nitrogen and oxygen atoms in total. The summed E-state index contributed by atoms with van der Waals surface area (Å²) < 4.78 is 1.77. The average molecular weight is 440 g/mol. The number of pyridine rings is 1. The van der Waals surface area contributed by atoms with Gasteiger partial charge in [-0.3, -0.25) is 14.4 Å². The van der Waals surface area contributed by atoms with Gasteiger partial charge in [-0.1, -0.05) is 60.2 Å². The Morgan fingerprint density at radius 1 is 0.939 bits per heavy atom. The first-order chi connectivity index (χ1) is 16.0. The number of nitrogens with zero attached hydrogens (tertiary/aromatic N) is 5. The van der Waals surface area contributed by atoms with Crippen molar-refractivity contribution in [3.8, 4) is 11.3 Å². The first kappa shape index (κ1) is 21.3. The molecule has 4 aromatic rings. The van der Waals surface area contributed by atoms with E-state index in [1.165, 1.54) is 11.1 Å². The van der Waals surface area contributed by atoms with Gasteiger partial charge < -0.3 is 4.90 Å². The molecule has 33 heavy (non-hydrogen) atoms. The fraction of sp³-hybridized carbons (Fsp3) is 0.296. The van der Waals surface area contributed by atoms with Crippen LogP contribution in [0.25, 0.3) is 22.3 Å². The molecule has 0 radical (unpaired) electrons. The number of aryl methyl sites for hydroxylation is 3. The minimum absolute atomic E-state index is 0.0613. The molecular formula is C27H29N5O. The number of fused-ring (bicyclic) bond motifs is 1. The van der Waals surface area contributed by atoms with Crippen LogP contribution in [0.5, 0.6) is 0 Å². The van der Waals surface area contributed by atoms with Crippen LogP contribution < -0.4 is 0 Å². The summed E-state index contributed by atoms with van der Waals surface area (Å²) in [5.41, 5.74) is 6.58. The quantitative estimate of drug-likeness (QED) is 0.478. The summed E-state index contributed by atoms with van der Waals surface area (Å²) in [6, 6.07) is 20.7. The first-order valence-electron chi connectivity index (χ1n) is 11.5. The molecule has 2 aromatic carbocycles. The van der Waals surface area contributed by atoms with Crippen LogP contribution in [0.3, 0.4) is 0 Å². The average Bonchev–Trinajstić information content (AvgIpc) is 3.13. The molecule has 0 bridgehead atoms. The predicted octanol–water partition coefficient (Wildman–Crippen LogP) is 4.21. The summed E-state index contributed by atoms with van der Waals surface area (Å²) in [5.74, 6) is 0.0613. The zero-order valence-electron chi connectivity index (χ0n) is 19.5. The number of carbonyl (C=O) groups excluding carboxylic acids is 1. The van der Waals surface area contributed by atoms with Crippen molar-refractivity contribution < 1.29 is 4.79 Å². The molecule has 168 valence electrons. The standard InChI is InChI=1S/C27H29N5O/c1-19-9-11-22(12-10-19)24-17-23(25-20(2)29-30(3)26(25)28-24)27(33)32-15-13-31(14-16-32)18-21-7-5-4-6-8-21/h4-12,17H,13-16,18H2,1-3H3. The first-order valence-corrected chi connectivity index (χ1v) is 11.5. The molecule has 2 aromatic heterocycles. The number of rotatable bonds is 4. The fourth-order valence-corrected chi connectivity index (χ4v) is 4.61. The fourth-order valence-electron chi connectivity index (χ4n) is 4.61. The molecule has 1 saturated heterocycles. The van der Waals surface area contributed by atoms with E-state index in [1.807, 2.05) is 31.0 Å². The van der Waals surface area contributed by atoms with Crippen molar-refractivity contribution >= 4 is 16.9 Å². The smallest absolute Gasteiger partial charge is 0.254 e. The van der Waals surface area contributed by atoms with Gasteiger partial charge in [-0.2, -0.15) is 5.10 Å². The van der Waals surface area contributed by atoms with Crippen LogP contribution in [0.4, 0.5) is 0 Å². The number of piperazine rings is 1. The molecular weight excluding hydrogens is 410 g/mol. The van der Waals surface area contributed by atoms with Gasteiger partial charge in [0.2, 0.25) is 0 Å². The van der Waals surface area contributed by atoms with E-state index >= 15 is 0 Å². The van der Waals surface area contributed by atoms with Gasteiger partial charge in [-0.15, -0.1) is 0 Å². The summed E-state index contributed by atoms with van der Waals surface area (Å²) in [4.78, 5) is 23.0. The second kappa shape index (κ2) is 8.79. The Morgan fingerprint density at radius 3 is 2.33 bits per heavy atom. The van der Waals surface area contributed by atoms with Crippen LogP contribution in [0.2, 0.25) is 0 Å². The lowest BCUT2D eigenvalue weighted by Gasteiger charge is -2.35. The number of amides is 1. The summed E-state index contributed by atoms with van der Waals surface area (Å²) in [5, 5.41) is 5.41. The highest BCUT2D eigenvalue weighted by molar-refractivity contribution is 6.07. The van der Waals surface area contributed by atoms with Gasteiger partial charge >= 0.3 is 0 Å². The number of hydrogen-bond acceptors (Lipinski definition) is 4. The van der Waals surface area contributed by atoms with Crippen molar-refractivity contribution in [2.24, 2.45) is 7.05 Å². The van der Waals surface area contributed by atoms with E-state index in [1.54, 1.807) is 4.68 Å². The molecule has 0 saturated carbocycles. The lowest BCUT2D eigenvalue weighted by molar-refractivity contribution is 0.0630. The normalized spacial score (nSPS) is 14.7. The number of aromatic nitrogens is 3. The third-order valence-electron chi connectivity index (χ3n) is 6.45. The Kier molecular flexibility index (Phi) is 5.68. The molecule has 5 rings (SSSR count). The highest BCUT2D eigenvalue weighted by Crippen LogP contribution is 2.28. The highest BCUT2D eigenvalue weighted by atomic mass is 16.2. The number of benzene rings is 2. The lowest BCUT2D eigenvalue weighted by Crippen LogP contribution is -2.48. The predicted molar refractivity (Wildman–Crippen MR) is 131 cm³/mol.